The molecule has 0 N–H and O–H groups in total. The Kier molecular flexibility index (Phi) is 3.04. The first kappa shape index (κ1) is 9.90. The Morgan fingerprint density at radius 1 is 1.42 bits per heavy atom. The van der Waals surface area contributed by atoms with Gasteiger partial charge in [-0.25, -0.2) is 8.78 Å². The van der Waals surface area contributed by atoms with Crippen LogP contribution in [0, 0.1) is 5.92 Å². The van der Waals surface area contributed by atoms with Gasteiger partial charge >= 0.3 is 0 Å². The maximum Gasteiger partial charge on any atom is 0.250 e. The van der Waals surface area contributed by atoms with Crippen molar-refractivity contribution in [3.63, 3.8) is 0 Å². The highest BCUT2D eigenvalue weighted by molar-refractivity contribution is 4.87. The molecule has 0 aliphatic carbocycles. The Bertz CT molecular complexity index is 136. The maximum absolute atomic E-state index is 12.6. The lowest BCUT2D eigenvalue weighted by Gasteiger charge is -2.42. The molecule has 1 heterocycles. The Labute approximate surface area is 72.7 Å². The van der Waals surface area contributed by atoms with Gasteiger partial charge in [-0.2, -0.15) is 0 Å². The molecule has 0 atom stereocenters. The van der Waals surface area contributed by atoms with Crippen LogP contribution in [0.3, 0.4) is 0 Å². The quantitative estimate of drug-likeness (QED) is 0.637. The number of rotatable bonds is 4. The third kappa shape index (κ3) is 2.41. The normalized spacial score (nSPS) is 21.0. The molecule has 1 aliphatic rings. The highest BCUT2D eigenvalue weighted by Crippen LogP contribution is 2.31. The fourth-order valence-corrected chi connectivity index (χ4v) is 1.45. The third-order valence-corrected chi connectivity index (χ3v) is 2.50. The van der Waals surface area contributed by atoms with Crippen molar-refractivity contribution in [3.05, 3.63) is 0 Å². The summed E-state index contributed by atoms with van der Waals surface area (Å²) in [7, 11) is 0. The van der Waals surface area contributed by atoms with Gasteiger partial charge in [0.1, 0.15) is 0 Å². The second-order valence-electron chi connectivity index (χ2n) is 3.77. The molecule has 1 aliphatic heterocycles. The lowest BCUT2D eigenvalue weighted by Crippen LogP contribution is -2.53. The molecule has 0 radical (unpaired) electrons. The van der Waals surface area contributed by atoms with Gasteiger partial charge in [0.05, 0.1) is 0 Å². The molecule has 0 aromatic rings. The summed E-state index contributed by atoms with van der Waals surface area (Å²) in [5, 5.41) is 0. The SMILES string of the molecule is CCCCN1CC(C(C)(F)F)C1. The van der Waals surface area contributed by atoms with E-state index in [1.165, 1.54) is 0 Å². The lowest BCUT2D eigenvalue weighted by molar-refractivity contribution is -0.103. The molecule has 1 fully saturated rings. The van der Waals surface area contributed by atoms with Crippen molar-refractivity contribution in [1.82, 2.24) is 4.90 Å². The van der Waals surface area contributed by atoms with Gasteiger partial charge in [-0.3, -0.25) is 0 Å². The molecule has 0 unspecified atom stereocenters. The predicted molar refractivity (Wildman–Crippen MR) is 45.5 cm³/mol. The highest BCUT2D eigenvalue weighted by atomic mass is 19.3. The van der Waals surface area contributed by atoms with Crippen molar-refractivity contribution in [2.75, 3.05) is 19.6 Å². The Morgan fingerprint density at radius 3 is 2.42 bits per heavy atom. The van der Waals surface area contributed by atoms with E-state index in [0.717, 1.165) is 26.3 Å². The number of nitrogens with zero attached hydrogens (tertiary/aromatic N) is 1. The second-order valence-corrected chi connectivity index (χ2v) is 3.77. The Hall–Kier alpha value is -0.180. The maximum atomic E-state index is 12.6. The van der Waals surface area contributed by atoms with Crippen LogP contribution in [0.5, 0.6) is 0 Å². The average molecular weight is 177 g/mol. The number of alkyl halides is 2. The first-order chi connectivity index (χ1) is 5.54. The van der Waals surface area contributed by atoms with E-state index in [4.69, 9.17) is 0 Å². The zero-order valence-corrected chi connectivity index (χ0v) is 7.82. The number of likely N-dealkylation sites (tertiary alicyclic amines) is 1. The first-order valence-corrected chi connectivity index (χ1v) is 4.64. The smallest absolute Gasteiger partial charge is 0.250 e. The minimum Gasteiger partial charge on any atom is -0.302 e. The molecule has 1 rings (SSSR count). The van der Waals surface area contributed by atoms with Crippen molar-refractivity contribution in [1.29, 1.82) is 0 Å². The molecule has 0 amide bonds. The molecule has 0 bridgehead atoms. The standard InChI is InChI=1S/C9H17F2N/c1-3-4-5-12-6-8(7-12)9(2,10)11/h8H,3-7H2,1-2H3. The van der Waals surface area contributed by atoms with Crippen LogP contribution in [0.1, 0.15) is 26.7 Å². The van der Waals surface area contributed by atoms with E-state index < -0.39 is 11.8 Å². The van der Waals surface area contributed by atoms with Gasteiger partial charge in [-0.1, -0.05) is 13.3 Å². The summed E-state index contributed by atoms with van der Waals surface area (Å²) >= 11 is 0. The van der Waals surface area contributed by atoms with Crippen LogP contribution in [-0.4, -0.2) is 30.5 Å². The van der Waals surface area contributed by atoms with Crippen LogP contribution in [0.2, 0.25) is 0 Å². The largest absolute Gasteiger partial charge is 0.302 e. The predicted octanol–water partition coefficient (Wildman–Crippen LogP) is 2.37. The zero-order chi connectivity index (χ0) is 9.19. The molecule has 12 heavy (non-hydrogen) atoms. The van der Waals surface area contributed by atoms with Crippen molar-refractivity contribution >= 4 is 0 Å². The summed E-state index contributed by atoms with van der Waals surface area (Å²) in [4.78, 5) is 2.10. The summed E-state index contributed by atoms with van der Waals surface area (Å²) in [6.45, 7) is 5.30. The fraction of sp³-hybridized carbons (Fsp3) is 1.00. The molecular weight excluding hydrogens is 160 g/mol. The van der Waals surface area contributed by atoms with E-state index in [-0.39, 0.29) is 0 Å². The molecule has 1 saturated heterocycles. The van der Waals surface area contributed by atoms with Crippen LogP contribution in [0.4, 0.5) is 8.78 Å². The number of hydrogen-bond donors (Lipinski definition) is 0. The van der Waals surface area contributed by atoms with Gasteiger partial charge in [0.25, 0.3) is 5.92 Å². The lowest BCUT2D eigenvalue weighted by atomic mass is 9.93. The van der Waals surface area contributed by atoms with Crippen LogP contribution in [-0.2, 0) is 0 Å². The molecule has 1 nitrogen and oxygen atoms in total. The van der Waals surface area contributed by atoms with Crippen molar-refractivity contribution in [3.8, 4) is 0 Å². The molecule has 0 spiro atoms. The number of unbranched alkanes of at least 4 members (excludes halogenated alkanes) is 1. The van der Waals surface area contributed by atoms with Gasteiger partial charge in [0, 0.05) is 19.0 Å². The van der Waals surface area contributed by atoms with Crippen LogP contribution < -0.4 is 0 Å². The minimum absolute atomic E-state index is 0.394. The monoisotopic (exact) mass is 177 g/mol. The van der Waals surface area contributed by atoms with Gasteiger partial charge in [-0.15, -0.1) is 0 Å². The summed E-state index contributed by atoms with van der Waals surface area (Å²) in [5.41, 5.74) is 0. The molecular formula is C9H17F2N. The molecule has 72 valence electrons. The molecule has 3 heteroatoms. The summed E-state index contributed by atoms with van der Waals surface area (Å²) in [6.07, 6.45) is 2.27. The van der Waals surface area contributed by atoms with Crippen molar-refractivity contribution in [2.45, 2.75) is 32.6 Å². The van der Waals surface area contributed by atoms with E-state index in [1.807, 2.05) is 0 Å². The van der Waals surface area contributed by atoms with E-state index in [0.29, 0.717) is 13.1 Å². The number of halogens is 2. The van der Waals surface area contributed by atoms with Gasteiger partial charge < -0.3 is 4.90 Å². The van der Waals surface area contributed by atoms with Crippen LogP contribution in [0.25, 0.3) is 0 Å². The highest BCUT2D eigenvalue weighted by Gasteiger charge is 2.42. The van der Waals surface area contributed by atoms with Gasteiger partial charge in [-0.05, 0) is 19.9 Å². The number of hydrogen-bond acceptors (Lipinski definition) is 1. The first-order valence-electron chi connectivity index (χ1n) is 4.64. The van der Waals surface area contributed by atoms with E-state index in [9.17, 15) is 8.78 Å². The van der Waals surface area contributed by atoms with E-state index >= 15 is 0 Å². The van der Waals surface area contributed by atoms with E-state index in [2.05, 4.69) is 11.8 Å². The summed E-state index contributed by atoms with van der Waals surface area (Å²) < 4.78 is 25.3. The van der Waals surface area contributed by atoms with Gasteiger partial charge in [0.2, 0.25) is 0 Å². The van der Waals surface area contributed by atoms with Gasteiger partial charge in [0.15, 0.2) is 0 Å². The van der Waals surface area contributed by atoms with Crippen LogP contribution in [0.15, 0.2) is 0 Å². The van der Waals surface area contributed by atoms with Crippen LogP contribution >= 0.6 is 0 Å². The third-order valence-electron chi connectivity index (χ3n) is 2.50. The Balaban J connectivity index is 2.12. The summed E-state index contributed by atoms with van der Waals surface area (Å²) in [6, 6.07) is 0. The minimum atomic E-state index is -2.47. The zero-order valence-electron chi connectivity index (χ0n) is 7.82. The Morgan fingerprint density at radius 2 is 2.00 bits per heavy atom. The average Bonchev–Trinajstić information content (AvgIpc) is 1.81. The molecule has 0 aromatic heterocycles. The molecule has 0 saturated carbocycles. The topological polar surface area (TPSA) is 3.24 Å². The van der Waals surface area contributed by atoms with E-state index in [1.54, 1.807) is 0 Å². The summed E-state index contributed by atoms with van der Waals surface area (Å²) in [5.74, 6) is -2.86. The fourth-order valence-electron chi connectivity index (χ4n) is 1.45. The second kappa shape index (κ2) is 3.69. The van der Waals surface area contributed by atoms with Crippen molar-refractivity contribution < 1.29 is 8.78 Å². The van der Waals surface area contributed by atoms with Crippen molar-refractivity contribution in [2.24, 2.45) is 5.92 Å². The molecule has 0 aromatic carbocycles.